The Hall–Kier alpha value is -2.94. The normalized spacial score (nSPS) is 17.2. The SMILES string of the molecule is O=C(c1cccc(S(=O)(=O)Nc2ccccc2F)c1)N1CCN(C(=O)C2CCC2)CC1. The molecule has 0 spiro atoms. The molecule has 0 aromatic heterocycles. The fourth-order valence-electron chi connectivity index (χ4n) is 3.77. The van der Waals surface area contributed by atoms with Crippen LogP contribution in [0.15, 0.2) is 53.4 Å². The zero-order valence-electron chi connectivity index (χ0n) is 17.0. The molecule has 1 aliphatic carbocycles. The van der Waals surface area contributed by atoms with Gasteiger partial charge >= 0.3 is 0 Å². The van der Waals surface area contributed by atoms with E-state index in [1.165, 1.54) is 36.4 Å². The molecule has 4 rings (SSSR count). The summed E-state index contributed by atoms with van der Waals surface area (Å²) < 4.78 is 41.4. The molecule has 164 valence electrons. The number of halogens is 1. The molecule has 1 aliphatic heterocycles. The standard InChI is InChI=1S/C22H24FN3O4S/c23-19-9-1-2-10-20(19)24-31(29,30)18-8-4-7-17(15-18)22(28)26-13-11-25(12-14-26)21(27)16-5-3-6-16/h1-2,4,7-10,15-16,24H,3,5-6,11-14H2. The first kappa shape index (κ1) is 21.3. The first-order chi connectivity index (χ1) is 14.8. The third kappa shape index (κ3) is 4.56. The molecule has 2 fully saturated rings. The third-order valence-electron chi connectivity index (χ3n) is 5.84. The molecule has 1 saturated heterocycles. The summed E-state index contributed by atoms with van der Waals surface area (Å²) in [6.45, 7) is 1.77. The van der Waals surface area contributed by atoms with Crippen LogP contribution in [0.5, 0.6) is 0 Å². The van der Waals surface area contributed by atoms with E-state index < -0.39 is 15.8 Å². The Morgan fingerprint density at radius 2 is 1.61 bits per heavy atom. The van der Waals surface area contributed by atoms with Crippen molar-refractivity contribution in [3.63, 3.8) is 0 Å². The minimum Gasteiger partial charge on any atom is -0.339 e. The van der Waals surface area contributed by atoms with Crippen molar-refractivity contribution in [1.29, 1.82) is 0 Å². The Balaban J connectivity index is 1.43. The number of carbonyl (C=O) groups excluding carboxylic acids is 2. The van der Waals surface area contributed by atoms with Crippen molar-refractivity contribution in [2.75, 3.05) is 30.9 Å². The minimum absolute atomic E-state index is 0.125. The highest BCUT2D eigenvalue weighted by molar-refractivity contribution is 7.92. The van der Waals surface area contributed by atoms with Gasteiger partial charge < -0.3 is 9.80 Å². The smallest absolute Gasteiger partial charge is 0.262 e. The van der Waals surface area contributed by atoms with Gasteiger partial charge in [0.2, 0.25) is 5.91 Å². The lowest BCUT2D eigenvalue weighted by Crippen LogP contribution is -2.52. The van der Waals surface area contributed by atoms with Crippen LogP contribution in [0.3, 0.4) is 0 Å². The van der Waals surface area contributed by atoms with Crippen LogP contribution in [0.25, 0.3) is 0 Å². The Morgan fingerprint density at radius 3 is 2.26 bits per heavy atom. The summed E-state index contributed by atoms with van der Waals surface area (Å²) >= 11 is 0. The number of nitrogens with zero attached hydrogens (tertiary/aromatic N) is 2. The summed E-state index contributed by atoms with van der Waals surface area (Å²) in [5.41, 5.74) is 0.0710. The van der Waals surface area contributed by atoms with Gasteiger partial charge in [0.1, 0.15) is 5.82 Å². The first-order valence-electron chi connectivity index (χ1n) is 10.3. The third-order valence-corrected chi connectivity index (χ3v) is 7.21. The number of amides is 2. The van der Waals surface area contributed by atoms with E-state index >= 15 is 0 Å². The van der Waals surface area contributed by atoms with Crippen molar-refractivity contribution in [1.82, 2.24) is 9.80 Å². The van der Waals surface area contributed by atoms with Crippen molar-refractivity contribution in [2.24, 2.45) is 5.92 Å². The number of carbonyl (C=O) groups is 2. The molecule has 0 atom stereocenters. The summed E-state index contributed by atoms with van der Waals surface area (Å²) in [6.07, 6.45) is 2.99. The molecule has 1 saturated carbocycles. The largest absolute Gasteiger partial charge is 0.339 e. The van der Waals surface area contributed by atoms with Gasteiger partial charge in [0.15, 0.2) is 0 Å². The molecule has 2 aromatic rings. The van der Waals surface area contributed by atoms with Crippen molar-refractivity contribution < 1.29 is 22.4 Å². The van der Waals surface area contributed by atoms with E-state index in [0.29, 0.717) is 26.2 Å². The maximum Gasteiger partial charge on any atom is 0.262 e. The molecule has 0 unspecified atom stereocenters. The Bertz CT molecular complexity index is 1090. The van der Waals surface area contributed by atoms with Crippen LogP contribution >= 0.6 is 0 Å². The molecule has 9 heteroatoms. The molecule has 7 nitrogen and oxygen atoms in total. The topological polar surface area (TPSA) is 86.8 Å². The van der Waals surface area contributed by atoms with Crippen LogP contribution in [0.1, 0.15) is 29.6 Å². The molecule has 1 heterocycles. The summed E-state index contributed by atoms with van der Waals surface area (Å²) in [4.78, 5) is 28.6. The number of anilines is 1. The highest BCUT2D eigenvalue weighted by Crippen LogP contribution is 2.28. The molecule has 0 bridgehead atoms. The van der Waals surface area contributed by atoms with Crippen LogP contribution in [-0.2, 0) is 14.8 Å². The van der Waals surface area contributed by atoms with Crippen molar-refractivity contribution >= 4 is 27.5 Å². The molecule has 31 heavy (non-hydrogen) atoms. The number of nitrogens with one attached hydrogen (secondary N) is 1. The fourth-order valence-corrected chi connectivity index (χ4v) is 4.88. The van der Waals surface area contributed by atoms with Gasteiger partial charge in [-0.15, -0.1) is 0 Å². The molecular formula is C22H24FN3O4S. The van der Waals surface area contributed by atoms with Gasteiger partial charge in [-0.05, 0) is 43.2 Å². The maximum absolute atomic E-state index is 13.8. The van der Waals surface area contributed by atoms with E-state index in [4.69, 9.17) is 0 Å². The number of benzene rings is 2. The van der Waals surface area contributed by atoms with Gasteiger partial charge in [-0.25, -0.2) is 12.8 Å². The average Bonchev–Trinajstić information content (AvgIpc) is 2.74. The lowest BCUT2D eigenvalue weighted by molar-refractivity contribution is -0.139. The van der Waals surface area contributed by atoms with Gasteiger partial charge in [-0.3, -0.25) is 14.3 Å². The molecule has 1 N–H and O–H groups in total. The Labute approximate surface area is 180 Å². The fraction of sp³-hybridized carbons (Fsp3) is 0.364. The monoisotopic (exact) mass is 445 g/mol. The molecule has 2 aromatic carbocycles. The number of para-hydroxylation sites is 1. The number of rotatable bonds is 5. The zero-order chi connectivity index (χ0) is 22.0. The van der Waals surface area contributed by atoms with Gasteiger partial charge in [-0.1, -0.05) is 24.6 Å². The molecule has 2 amide bonds. The zero-order valence-corrected chi connectivity index (χ0v) is 17.8. The van der Waals surface area contributed by atoms with E-state index in [-0.39, 0.29) is 33.9 Å². The first-order valence-corrected chi connectivity index (χ1v) is 11.8. The second kappa shape index (κ2) is 8.66. The second-order valence-corrected chi connectivity index (χ2v) is 9.54. The predicted molar refractivity (Wildman–Crippen MR) is 113 cm³/mol. The lowest BCUT2D eigenvalue weighted by atomic mass is 9.84. The van der Waals surface area contributed by atoms with E-state index in [1.54, 1.807) is 11.0 Å². The van der Waals surface area contributed by atoms with Crippen LogP contribution < -0.4 is 4.72 Å². The number of piperazine rings is 1. The second-order valence-electron chi connectivity index (χ2n) is 7.86. The molecule has 2 aliphatic rings. The van der Waals surface area contributed by atoms with Gasteiger partial charge in [0.05, 0.1) is 10.6 Å². The highest BCUT2D eigenvalue weighted by atomic mass is 32.2. The van der Waals surface area contributed by atoms with E-state index in [2.05, 4.69) is 4.72 Å². The quantitative estimate of drug-likeness (QED) is 0.767. The highest BCUT2D eigenvalue weighted by Gasteiger charge is 2.32. The van der Waals surface area contributed by atoms with Crippen LogP contribution in [0.2, 0.25) is 0 Å². The van der Waals surface area contributed by atoms with Gasteiger partial charge in [-0.2, -0.15) is 0 Å². The summed E-state index contributed by atoms with van der Waals surface area (Å²) in [6, 6.07) is 11.2. The van der Waals surface area contributed by atoms with Crippen LogP contribution in [0, 0.1) is 11.7 Å². The van der Waals surface area contributed by atoms with Crippen molar-refractivity contribution in [2.45, 2.75) is 24.2 Å². The van der Waals surface area contributed by atoms with E-state index in [9.17, 15) is 22.4 Å². The predicted octanol–water partition coefficient (Wildman–Crippen LogP) is 2.71. The number of hydrogen-bond acceptors (Lipinski definition) is 4. The lowest BCUT2D eigenvalue weighted by Gasteiger charge is -2.38. The van der Waals surface area contributed by atoms with Crippen LogP contribution in [-0.4, -0.2) is 56.2 Å². The van der Waals surface area contributed by atoms with Crippen molar-refractivity contribution in [3.8, 4) is 0 Å². The molecule has 0 radical (unpaired) electrons. The number of hydrogen-bond donors (Lipinski definition) is 1. The Morgan fingerprint density at radius 1 is 0.935 bits per heavy atom. The number of sulfonamides is 1. The Kier molecular flexibility index (Phi) is 5.95. The van der Waals surface area contributed by atoms with Crippen molar-refractivity contribution in [3.05, 3.63) is 59.9 Å². The van der Waals surface area contributed by atoms with Gasteiger partial charge in [0.25, 0.3) is 15.9 Å². The van der Waals surface area contributed by atoms with E-state index in [1.807, 2.05) is 4.90 Å². The molecular weight excluding hydrogens is 421 g/mol. The summed E-state index contributed by atoms with van der Waals surface area (Å²) in [5.74, 6) is -0.678. The maximum atomic E-state index is 13.8. The van der Waals surface area contributed by atoms with E-state index in [0.717, 1.165) is 25.3 Å². The van der Waals surface area contributed by atoms with Crippen LogP contribution in [0.4, 0.5) is 10.1 Å². The minimum atomic E-state index is -4.06. The average molecular weight is 446 g/mol. The van der Waals surface area contributed by atoms with Gasteiger partial charge in [0, 0.05) is 37.7 Å². The summed E-state index contributed by atoms with van der Waals surface area (Å²) in [7, 11) is -4.06. The summed E-state index contributed by atoms with van der Waals surface area (Å²) in [5, 5.41) is 0.